The second-order valence-electron chi connectivity index (χ2n) is 5.52. The Bertz CT molecular complexity index is 551. The van der Waals surface area contributed by atoms with E-state index < -0.39 is 0 Å². The standard InChI is InChI=1S/C16H22ClN3S/c1-19(2)8-9-20(3)11-13-4-6-14(7-5-13)16-18-15(10-17)12-21-16/h4-7,12H,8-11H2,1-3H3. The predicted octanol–water partition coefficient (Wildman–Crippen LogP) is 3.54. The van der Waals surface area contributed by atoms with Crippen LogP contribution in [0.15, 0.2) is 29.6 Å². The SMILES string of the molecule is CN(C)CCN(C)Cc1ccc(-c2nc(CCl)cs2)cc1. The topological polar surface area (TPSA) is 19.4 Å². The van der Waals surface area contributed by atoms with Crippen LogP contribution in [0.2, 0.25) is 0 Å². The molecule has 114 valence electrons. The Hall–Kier alpha value is -0.940. The molecule has 0 saturated carbocycles. The number of benzene rings is 1. The summed E-state index contributed by atoms with van der Waals surface area (Å²) in [5, 5.41) is 3.06. The second kappa shape index (κ2) is 7.90. The van der Waals surface area contributed by atoms with Crippen molar-refractivity contribution in [1.82, 2.24) is 14.8 Å². The summed E-state index contributed by atoms with van der Waals surface area (Å²) in [5.74, 6) is 0.477. The molecule has 0 atom stereocenters. The summed E-state index contributed by atoms with van der Waals surface area (Å²) in [5.41, 5.74) is 3.44. The molecule has 0 saturated heterocycles. The van der Waals surface area contributed by atoms with Gasteiger partial charge in [0.05, 0.1) is 11.6 Å². The van der Waals surface area contributed by atoms with Crippen LogP contribution in [0.25, 0.3) is 10.6 Å². The Morgan fingerprint density at radius 2 is 1.81 bits per heavy atom. The van der Waals surface area contributed by atoms with Gasteiger partial charge in [0.1, 0.15) is 5.01 Å². The number of thiazole rings is 1. The third-order valence-corrected chi connectivity index (χ3v) is 4.48. The number of halogens is 1. The Morgan fingerprint density at radius 1 is 1.10 bits per heavy atom. The molecule has 0 bridgehead atoms. The Labute approximate surface area is 136 Å². The third-order valence-electron chi connectivity index (χ3n) is 3.27. The number of likely N-dealkylation sites (N-methyl/N-ethyl adjacent to an activating group) is 2. The van der Waals surface area contributed by atoms with Crippen LogP contribution in [-0.2, 0) is 12.4 Å². The van der Waals surface area contributed by atoms with Crippen molar-refractivity contribution in [3.63, 3.8) is 0 Å². The highest BCUT2D eigenvalue weighted by Gasteiger charge is 2.05. The predicted molar refractivity (Wildman–Crippen MR) is 92.0 cm³/mol. The molecule has 0 fully saturated rings. The molecule has 0 aliphatic carbocycles. The van der Waals surface area contributed by atoms with E-state index in [1.807, 2.05) is 5.38 Å². The van der Waals surface area contributed by atoms with Gasteiger partial charge in [-0.1, -0.05) is 24.3 Å². The van der Waals surface area contributed by atoms with Crippen molar-refractivity contribution in [3.8, 4) is 10.6 Å². The fraction of sp³-hybridized carbons (Fsp3) is 0.438. The molecule has 0 N–H and O–H groups in total. The Morgan fingerprint density at radius 3 is 2.38 bits per heavy atom. The van der Waals surface area contributed by atoms with Crippen molar-refractivity contribution in [2.24, 2.45) is 0 Å². The minimum Gasteiger partial charge on any atom is -0.308 e. The van der Waals surface area contributed by atoms with E-state index >= 15 is 0 Å². The Balaban J connectivity index is 1.95. The van der Waals surface area contributed by atoms with Crippen LogP contribution in [-0.4, -0.2) is 49.0 Å². The molecule has 1 heterocycles. The molecule has 0 amide bonds. The van der Waals surface area contributed by atoms with Crippen LogP contribution in [0.4, 0.5) is 0 Å². The molecular weight excluding hydrogens is 302 g/mol. The van der Waals surface area contributed by atoms with Gasteiger partial charge in [-0.2, -0.15) is 0 Å². The molecule has 0 aliphatic rings. The van der Waals surface area contributed by atoms with Crippen molar-refractivity contribution in [1.29, 1.82) is 0 Å². The molecule has 21 heavy (non-hydrogen) atoms. The minimum absolute atomic E-state index is 0.477. The molecule has 1 aromatic carbocycles. The maximum atomic E-state index is 5.80. The molecule has 0 unspecified atom stereocenters. The summed E-state index contributed by atoms with van der Waals surface area (Å²) in [6, 6.07) is 8.66. The van der Waals surface area contributed by atoms with Gasteiger partial charge in [-0.05, 0) is 26.7 Å². The molecule has 2 rings (SSSR count). The fourth-order valence-corrected chi connectivity index (χ4v) is 3.07. The Kier molecular flexibility index (Phi) is 6.18. The summed E-state index contributed by atoms with van der Waals surface area (Å²) >= 11 is 7.44. The van der Waals surface area contributed by atoms with E-state index in [-0.39, 0.29) is 0 Å². The van der Waals surface area contributed by atoms with Gasteiger partial charge < -0.3 is 9.80 Å². The zero-order valence-electron chi connectivity index (χ0n) is 12.8. The lowest BCUT2D eigenvalue weighted by Gasteiger charge is -2.19. The van der Waals surface area contributed by atoms with Crippen LogP contribution in [0.5, 0.6) is 0 Å². The lowest BCUT2D eigenvalue weighted by atomic mass is 10.1. The molecule has 1 aromatic heterocycles. The fourth-order valence-electron chi connectivity index (χ4n) is 2.02. The summed E-state index contributed by atoms with van der Waals surface area (Å²) < 4.78 is 0. The average molecular weight is 324 g/mol. The third kappa shape index (κ3) is 5.08. The first-order valence-corrected chi connectivity index (χ1v) is 8.43. The van der Waals surface area contributed by atoms with Crippen molar-refractivity contribution < 1.29 is 0 Å². The average Bonchev–Trinajstić information content (AvgIpc) is 2.95. The largest absolute Gasteiger partial charge is 0.308 e. The quantitative estimate of drug-likeness (QED) is 0.726. The van der Waals surface area contributed by atoms with E-state index in [0.717, 1.165) is 35.9 Å². The number of alkyl halides is 1. The summed E-state index contributed by atoms with van der Waals surface area (Å²) in [6.07, 6.45) is 0. The maximum absolute atomic E-state index is 5.80. The molecular formula is C16H22ClN3S. The molecule has 2 aromatic rings. The molecule has 3 nitrogen and oxygen atoms in total. The summed E-state index contributed by atoms with van der Waals surface area (Å²) in [6.45, 7) is 3.12. The first-order chi connectivity index (χ1) is 10.1. The number of hydrogen-bond donors (Lipinski definition) is 0. The second-order valence-corrected chi connectivity index (χ2v) is 6.64. The van der Waals surface area contributed by atoms with Gasteiger partial charge in [-0.3, -0.25) is 0 Å². The minimum atomic E-state index is 0.477. The monoisotopic (exact) mass is 323 g/mol. The highest BCUT2D eigenvalue weighted by molar-refractivity contribution is 7.13. The van der Waals surface area contributed by atoms with Gasteiger partial charge in [0.25, 0.3) is 0 Å². The summed E-state index contributed by atoms with van der Waals surface area (Å²) in [4.78, 5) is 9.05. The van der Waals surface area contributed by atoms with Crippen LogP contribution >= 0.6 is 22.9 Å². The van der Waals surface area contributed by atoms with Gasteiger partial charge in [0.2, 0.25) is 0 Å². The highest BCUT2D eigenvalue weighted by atomic mass is 35.5. The van der Waals surface area contributed by atoms with E-state index in [4.69, 9.17) is 11.6 Å². The molecule has 5 heteroatoms. The molecule has 0 radical (unpaired) electrons. The maximum Gasteiger partial charge on any atom is 0.123 e. The first kappa shape index (κ1) is 16.4. The van der Waals surface area contributed by atoms with Gasteiger partial charge >= 0.3 is 0 Å². The van der Waals surface area contributed by atoms with E-state index in [0.29, 0.717) is 5.88 Å². The number of hydrogen-bond acceptors (Lipinski definition) is 4. The summed E-state index contributed by atoms with van der Waals surface area (Å²) in [7, 11) is 6.36. The van der Waals surface area contributed by atoms with Crippen LogP contribution in [0.1, 0.15) is 11.3 Å². The number of rotatable bonds is 7. The zero-order valence-corrected chi connectivity index (χ0v) is 14.4. The lowest BCUT2D eigenvalue weighted by Crippen LogP contribution is -2.28. The molecule has 0 aliphatic heterocycles. The van der Waals surface area contributed by atoms with Crippen molar-refractivity contribution >= 4 is 22.9 Å². The first-order valence-electron chi connectivity index (χ1n) is 7.01. The van der Waals surface area contributed by atoms with Crippen molar-refractivity contribution in [2.75, 3.05) is 34.2 Å². The van der Waals surface area contributed by atoms with Crippen LogP contribution in [0.3, 0.4) is 0 Å². The highest BCUT2D eigenvalue weighted by Crippen LogP contribution is 2.24. The van der Waals surface area contributed by atoms with Crippen molar-refractivity contribution in [3.05, 3.63) is 40.9 Å². The van der Waals surface area contributed by atoms with E-state index in [9.17, 15) is 0 Å². The van der Waals surface area contributed by atoms with Gasteiger partial charge in [0.15, 0.2) is 0 Å². The smallest absolute Gasteiger partial charge is 0.123 e. The number of nitrogens with zero attached hydrogens (tertiary/aromatic N) is 3. The van der Waals surface area contributed by atoms with Crippen LogP contribution in [0, 0.1) is 0 Å². The normalized spacial score (nSPS) is 11.5. The van der Waals surface area contributed by atoms with Gasteiger partial charge in [-0.15, -0.1) is 22.9 Å². The van der Waals surface area contributed by atoms with E-state index in [1.54, 1.807) is 11.3 Å². The van der Waals surface area contributed by atoms with Gasteiger partial charge in [0, 0.05) is 30.6 Å². The lowest BCUT2D eigenvalue weighted by molar-refractivity contribution is 0.276. The number of aromatic nitrogens is 1. The zero-order chi connectivity index (χ0) is 15.2. The van der Waals surface area contributed by atoms with Gasteiger partial charge in [-0.25, -0.2) is 4.98 Å². The van der Waals surface area contributed by atoms with E-state index in [1.165, 1.54) is 5.56 Å². The van der Waals surface area contributed by atoms with Crippen molar-refractivity contribution in [2.45, 2.75) is 12.4 Å². The van der Waals surface area contributed by atoms with E-state index in [2.05, 4.69) is 60.2 Å². The van der Waals surface area contributed by atoms with Crippen LogP contribution < -0.4 is 0 Å². The molecule has 0 spiro atoms.